The highest BCUT2D eigenvalue weighted by atomic mass is 32.2. The third-order valence-corrected chi connectivity index (χ3v) is 3.67. The van der Waals surface area contributed by atoms with Gasteiger partial charge in [-0.15, -0.1) is 6.58 Å². The van der Waals surface area contributed by atoms with Gasteiger partial charge in [0.2, 0.25) is 0 Å². The second-order valence-electron chi connectivity index (χ2n) is 4.97. The fourth-order valence-electron chi connectivity index (χ4n) is 1.38. The Bertz CT molecular complexity index is 533. The molecule has 0 unspecified atom stereocenters. The van der Waals surface area contributed by atoms with E-state index >= 15 is 0 Å². The van der Waals surface area contributed by atoms with Crippen LogP contribution in [0.15, 0.2) is 12.7 Å². The normalized spacial score (nSPS) is 13.8. The molecule has 3 N–H and O–H groups in total. The van der Waals surface area contributed by atoms with Crippen molar-refractivity contribution in [3.8, 4) is 0 Å². The molecule has 14 heteroatoms. The Balaban J connectivity index is 0. The van der Waals surface area contributed by atoms with Crippen molar-refractivity contribution >= 4 is 10.1 Å². The molecule has 0 aliphatic heterocycles. The summed E-state index contributed by atoms with van der Waals surface area (Å²) in [4.78, 5) is 0. The second kappa shape index (κ2) is 9.78. The van der Waals surface area contributed by atoms with Crippen LogP contribution in [0.2, 0.25) is 0 Å². The number of alkyl halides is 9. The molecule has 0 saturated carbocycles. The Morgan fingerprint density at radius 3 is 1.58 bits per heavy atom. The highest BCUT2D eigenvalue weighted by Gasteiger charge is 2.76. The van der Waals surface area contributed by atoms with E-state index in [-0.39, 0.29) is 0 Å². The lowest BCUT2D eigenvalue weighted by atomic mass is 10.0. The largest absolute Gasteiger partial charge is 0.437 e. The van der Waals surface area contributed by atoms with Gasteiger partial charge in [0.1, 0.15) is 0 Å². The van der Waals surface area contributed by atoms with E-state index in [0.29, 0.717) is 6.54 Å². The third kappa shape index (κ3) is 8.12. The zero-order valence-electron chi connectivity index (χ0n) is 13.2. The molecule has 0 rings (SSSR count). The maximum Gasteiger partial charge on any atom is 0.437 e. The molecule has 26 heavy (non-hydrogen) atoms. The average molecular weight is 427 g/mol. The molecular formula is C12H18F9NO3S. The van der Waals surface area contributed by atoms with Gasteiger partial charge in [-0.05, 0) is 12.8 Å². The molecule has 0 spiro atoms. The van der Waals surface area contributed by atoms with Gasteiger partial charge in [-0.3, -0.25) is 4.55 Å². The van der Waals surface area contributed by atoms with Crippen LogP contribution in [-0.4, -0.2) is 42.8 Å². The van der Waals surface area contributed by atoms with Gasteiger partial charge in [0.05, 0.1) is 0 Å². The molecule has 0 aromatic rings. The van der Waals surface area contributed by atoms with Gasteiger partial charge in [0, 0.05) is 19.4 Å². The summed E-state index contributed by atoms with van der Waals surface area (Å²) in [6, 6.07) is 0. The summed E-state index contributed by atoms with van der Waals surface area (Å²) < 4.78 is 141. The molecule has 0 bridgehead atoms. The highest BCUT2D eigenvalue weighted by molar-refractivity contribution is 7.87. The molecule has 0 radical (unpaired) electrons. The average Bonchev–Trinajstić information content (AvgIpc) is 2.44. The van der Waals surface area contributed by atoms with E-state index in [1.54, 1.807) is 6.08 Å². The van der Waals surface area contributed by atoms with E-state index < -0.39 is 65.5 Å². The number of unbranched alkanes of at least 4 members (excludes halogenated alkanes) is 2. The van der Waals surface area contributed by atoms with E-state index in [4.69, 9.17) is 10.3 Å². The molecule has 0 aliphatic rings. The molecular weight excluding hydrogens is 409 g/mol. The van der Waals surface area contributed by atoms with Crippen molar-refractivity contribution < 1.29 is 52.5 Å². The van der Waals surface area contributed by atoms with Gasteiger partial charge < -0.3 is 5.73 Å². The van der Waals surface area contributed by atoms with Crippen molar-refractivity contribution in [3.05, 3.63) is 12.7 Å². The summed E-state index contributed by atoms with van der Waals surface area (Å²) in [6.45, 7) is 3.94. The van der Waals surface area contributed by atoms with Crippen LogP contribution in [0.1, 0.15) is 32.1 Å². The molecule has 0 amide bonds. The van der Waals surface area contributed by atoms with Crippen molar-refractivity contribution in [1.82, 2.24) is 0 Å². The summed E-state index contributed by atoms with van der Waals surface area (Å²) in [7, 11) is -6.81. The van der Waals surface area contributed by atoms with Crippen LogP contribution in [0, 0.1) is 0 Å². The van der Waals surface area contributed by atoms with Crippen LogP contribution in [-0.2, 0) is 10.1 Å². The zero-order chi connectivity index (χ0) is 21.4. The lowest BCUT2D eigenvalue weighted by Crippen LogP contribution is -2.57. The van der Waals surface area contributed by atoms with Gasteiger partial charge in [0.15, 0.2) is 0 Å². The fourth-order valence-corrected chi connectivity index (χ4v) is 1.85. The van der Waals surface area contributed by atoms with E-state index in [1.807, 2.05) is 0 Å². The summed E-state index contributed by atoms with van der Waals surface area (Å²) >= 11 is 0. The first-order valence-electron chi connectivity index (χ1n) is 6.85. The first kappa shape index (κ1) is 27.2. The quantitative estimate of drug-likeness (QED) is 0.248. The smallest absolute Gasteiger partial charge is 0.327 e. The minimum absolute atomic E-state index is 0.583. The number of nitrogens with two attached hydrogens (primary N) is 1. The van der Waals surface area contributed by atoms with Gasteiger partial charge in [-0.1, -0.05) is 12.5 Å². The van der Waals surface area contributed by atoms with Crippen molar-refractivity contribution in [3.63, 3.8) is 0 Å². The van der Waals surface area contributed by atoms with Crippen LogP contribution < -0.4 is 5.73 Å². The Morgan fingerprint density at radius 2 is 1.27 bits per heavy atom. The fraction of sp³-hybridized carbons (Fsp3) is 0.833. The second-order valence-corrected chi connectivity index (χ2v) is 6.43. The maximum atomic E-state index is 13.1. The SMILES string of the molecule is C=CCN.O=S(=O)(O)C(F)(F)C(F)(F)C(F)(F)CCCCCC(F)(F)F. The topological polar surface area (TPSA) is 80.4 Å². The Hall–Kier alpha value is -1.02. The molecule has 4 nitrogen and oxygen atoms in total. The first-order chi connectivity index (χ1) is 11.4. The minimum Gasteiger partial charge on any atom is -0.327 e. The molecule has 0 heterocycles. The standard InChI is InChI=1S/C9H11F9O3S.C3H7N/c10-6(11,4-2-1-3-5-7(12,13)14)8(15,16)9(17,18)22(19,20)21;1-2-3-4/h1-5H2,(H,19,20,21);2H,1,3-4H2. The Labute approximate surface area is 144 Å². The summed E-state index contributed by atoms with van der Waals surface area (Å²) in [5.74, 6) is -12.0. The first-order valence-corrected chi connectivity index (χ1v) is 8.29. The molecule has 158 valence electrons. The van der Waals surface area contributed by atoms with Crippen molar-refractivity contribution in [2.75, 3.05) is 6.54 Å². The Morgan fingerprint density at radius 1 is 0.885 bits per heavy atom. The van der Waals surface area contributed by atoms with E-state index in [1.165, 1.54) is 0 Å². The van der Waals surface area contributed by atoms with E-state index in [9.17, 15) is 47.9 Å². The number of rotatable bonds is 9. The van der Waals surface area contributed by atoms with Gasteiger partial charge in [-0.25, -0.2) is 0 Å². The van der Waals surface area contributed by atoms with Crippen molar-refractivity contribution in [2.45, 2.75) is 55.4 Å². The van der Waals surface area contributed by atoms with Crippen LogP contribution in [0.4, 0.5) is 39.5 Å². The monoisotopic (exact) mass is 427 g/mol. The summed E-state index contributed by atoms with van der Waals surface area (Å²) in [6.07, 6.45) is -8.52. The number of hydrogen-bond acceptors (Lipinski definition) is 3. The predicted molar refractivity (Wildman–Crippen MR) is 74.8 cm³/mol. The minimum atomic E-state index is -6.81. The van der Waals surface area contributed by atoms with Crippen LogP contribution in [0.3, 0.4) is 0 Å². The number of hydrogen-bond donors (Lipinski definition) is 2. The van der Waals surface area contributed by atoms with E-state index in [2.05, 4.69) is 6.58 Å². The van der Waals surface area contributed by atoms with Gasteiger partial charge in [-0.2, -0.15) is 47.9 Å². The molecule has 0 saturated heterocycles. The summed E-state index contributed by atoms with van der Waals surface area (Å²) in [5, 5.41) is -6.44. The molecule has 0 atom stereocenters. The molecule has 0 aliphatic carbocycles. The highest BCUT2D eigenvalue weighted by Crippen LogP contribution is 2.50. The van der Waals surface area contributed by atoms with Crippen molar-refractivity contribution in [2.24, 2.45) is 5.73 Å². The van der Waals surface area contributed by atoms with Crippen molar-refractivity contribution in [1.29, 1.82) is 0 Å². The Kier molecular flexibility index (Phi) is 10.2. The molecule has 0 fully saturated rings. The molecule has 0 aromatic heterocycles. The number of halogens is 9. The van der Waals surface area contributed by atoms with E-state index in [0.717, 1.165) is 0 Å². The van der Waals surface area contributed by atoms with Crippen LogP contribution in [0.5, 0.6) is 0 Å². The van der Waals surface area contributed by atoms with Crippen LogP contribution >= 0.6 is 0 Å². The third-order valence-electron chi connectivity index (χ3n) is 2.77. The summed E-state index contributed by atoms with van der Waals surface area (Å²) in [5.41, 5.74) is 4.91. The maximum absolute atomic E-state index is 13.1. The van der Waals surface area contributed by atoms with Gasteiger partial charge >= 0.3 is 33.4 Å². The van der Waals surface area contributed by atoms with Gasteiger partial charge in [0.25, 0.3) is 0 Å². The lowest BCUT2D eigenvalue weighted by Gasteiger charge is -2.30. The molecule has 0 aromatic carbocycles. The van der Waals surface area contributed by atoms with Crippen LogP contribution in [0.25, 0.3) is 0 Å². The predicted octanol–water partition coefficient (Wildman–Crippen LogP) is 4.38. The lowest BCUT2D eigenvalue weighted by molar-refractivity contribution is -0.283. The zero-order valence-corrected chi connectivity index (χ0v) is 14.0.